The number of ether oxygens (including phenoxy) is 1. The molecule has 2 rings (SSSR count). The fourth-order valence-electron chi connectivity index (χ4n) is 2.83. The molecule has 2 atom stereocenters. The number of hydrogen-bond donors (Lipinski definition) is 0. The Morgan fingerprint density at radius 3 is 2.28 bits per heavy atom. The molecule has 1 aromatic heterocycles. The van der Waals surface area contributed by atoms with Crippen LogP contribution in [0.2, 0.25) is 0 Å². The van der Waals surface area contributed by atoms with E-state index in [0.29, 0.717) is 13.1 Å². The van der Waals surface area contributed by atoms with Crippen molar-refractivity contribution in [3.63, 3.8) is 0 Å². The molecule has 0 aromatic carbocycles. The highest BCUT2D eigenvalue weighted by Gasteiger charge is 2.34. The fraction of sp³-hybridized carbons (Fsp3) is 0.750. The summed E-state index contributed by atoms with van der Waals surface area (Å²) in [7, 11) is 5.02. The van der Waals surface area contributed by atoms with E-state index in [0.717, 1.165) is 19.2 Å². The minimum absolute atomic E-state index is 0.0767. The zero-order valence-corrected chi connectivity index (χ0v) is 15.3. The molecular weight excluding hydrogens is 335 g/mol. The monoisotopic (exact) mass is 361 g/mol. The van der Waals surface area contributed by atoms with Gasteiger partial charge in [0.2, 0.25) is 5.95 Å². The van der Waals surface area contributed by atoms with Gasteiger partial charge in [-0.25, -0.2) is 4.98 Å². The lowest BCUT2D eigenvalue weighted by molar-refractivity contribution is -0.141. The number of likely N-dealkylation sites (N-methyl/N-ethyl adjacent to an activating group) is 1. The van der Waals surface area contributed by atoms with Crippen LogP contribution in [0.15, 0.2) is 6.07 Å². The van der Waals surface area contributed by atoms with Crippen molar-refractivity contribution in [1.82, 2.24) is 14.9 Å². The molecule has 0 N–H and O–H groups in total. The molecule has 25 heavy (non-hydrogen) atoms. The average molecular weight is 361 g/mol. The molecule has 0 spiro atoms. The molecule has 1 saturated heterocycles. The van der Waals surface area contributed by atoms with Crippen LogP contribution in [0.1, 0.15) is 19.5 Å². The Kier molecular flexibility index (Phi) is 6.10. The van der Waals surface area contributed by atoms with Crippen LogP contribution >= 0.6 is 0 Å². The number of halogens is 3. The maximum atomic E-state index is 13.1. The van der Waals surface area contributed by atoms with E-state index >= 15 is 0 Å². The lowest BCUT2D eigenvalue weighted by atomic mass is 10.2. The summed E-state index contributed by atoms with van der Waals surface area (Å²) in [4.78, 5) is 13.4. The SMILES string of the molecule is C[C@@H]1CN(CCN(C)c2nc(N(C)C)cc(C(F)(F)F)n2)C[C@H](C)O1. The normalized spacial score (nSPS) is 22.1. The van der Waals surface area contributed by atoms with Gasteiger partial charge in [-0.1, -0.05) is 0 Å². The van der Waals surface area contributed by atoms with Crippen LogP contribution in [0.5, 0.6) is 0 Å². The average Bonchev–Trinajstić information content (AvgIpc) is 2.50. The predicted molar refractivity (Wildman–Crippen MR) is 91.1 cm³/mol. The Balaban J connectivity index is 2.10. The summed E-state index contributed by atoms with van der Waals surface area (Å²) < 4.78 is 45.0. The molecule has 9 heteroatoms. The van der Waals surface area contributed by atoms with E-state index in [9.17, 15) is 13.2 Å². The molecule has 1 aliphatic rings. The lowest BCUT2D eigenvalue weighted by Crippen LogP contribution is -2.47. The van der Waals surface area contributed by atoms with Gasteiger partial charge in [0.1, 0.15) is 5.82 Å². The summed E-state index contributed by atoms with van der Waals surface area (Å²) in [5, 5.41) is 0. The summed E-state index contributed by atoms with van der Waals surface area (Å²) in [6.45, 7) is 6.91. The molecule has 0 amide bonds. The van der Waals surface area contributed by atoms with E-state index in [1.807, 2.05) is 13.8 Å². The van der Waals surface area contributed by atoms with E-state index in [-0.39, 0.29) is 24.0 Å². The minimum atomic E-state index is -4.50. The quantitative estimate of drug-likeness (QED) is 0.800. The number of nitrogens with zero attached hydrogens (tertiary/aromatic N) is 5. The van der Waals surface area contributed by atoms with Crippen molar-refractivity contribution in [3.8, 4) is 0 Å². The molecule has 2 heterocycles. The summed E-state index contributed by atoms with van der Waals surface area (Å²) in [5.74, 6) is 0.311. The first-order valence-electron chi connectivity index (χ1n) is 8.29. The van der Waals surface area contributed by atoms with Crippen molar-refractivity contribution < 1.29 is 17.9 Å². The summed E-state index contributed by atoms with van der Waals surface area (Å²) in [6, 6.07) is 0.961. The highest BCUT2D eigenvalue weighted by atomic mass is 19.4. The van der Waals surface area contributed by atoms with Gasteiger partial charge < -0.3 is 14.5 Å². The van der Waals surface area contributed by atoms with Crippen LogP contribution in [0.3, 0.4) is 0 Å². The Morgan fingerprint density at radius 1 is 1.16 bits per heavy atom. The molecule has 6 nitrogen and oxygen atoms in total. The molecule has 0 aliphatic carbocycles. The van der Waals surface area contributed by atoms with Gasteiger partial charge in [-0.15, -0.1) is 0 Å². The summed E-state index contributed by atoms with van der Waals surface area (Å²) in [6.07, 6.45) is -4.20. The van der Waals surface area contributed by atoms with Gasteiger partial charge in [-0.3, -0.25) is 4.90 Å². The number of morpholine rings is 1. The molecule has 142 valence electrons. The number of alkyl halides is 3. The van der Waals surface area contributed by atoms with Crippen molar-refractivity contribution in [2.75, 3.05) is 57.1 Å². The van der Waals surface area contributed by atoms with Gasteiger partial charge in [0.05, 0.1) is 12.2 Å². The standard InChI is InChI=1S/C16H26F3N5O/c1-11-9-24(10-12(2)25-11)7-6-23(5)15-20-13(16(17,18)19)8-14(21-15)22(3)4/h8,11-12H,6-7,9-10H2,1-5H3/t11-,12+. The maximum Gasteiger partial charge on any atom is 0.433 e. The molecule has 0 radical (unpaired) electrons. The smallest absolute Gasteiger partial charge is 0.373 e. The van der Waals surface area contributed by atoms with Crippen LogP contribution in [-0.4, -0.2) is 74.4 Å². The van der Waals surface area contributed by atoms with Crippen LogP contribution in [0.25, 0.3) is 0 Å². The number of aromatic nitrogens is 2. The third kappa shape index (κ3) is 5.43. The van der Waals surface area contributed by atoms with Crippen molar-refractivity contribution in [3.05, 3.63) is 11.8 Å². The van der Waals surface area contributed by atoms with Crippen LogP contribution < -0.4 is 9.80 Å². The maximum absolute atomic E-state index is 13.1. The Bertz CT molecular complexity index is 571. The Morgan fingerprint density at radius 2 is 1.76 bits per heavy atom. The fourth-order valence-corrected chi connectivity index (χ4v) is 2.83. The summed E-state index contributed by atoms with van der Waals surface area (Å²) >= 11 is 0. The van der Waals surface area contributed by atoms with Gasteiger partial charge in [0.25, 0.3) is 0 Å². The minimum Gasteiger partial charge on any atom is -0.373 e. The van der Waals surface area contributed by atoms with Crippen LogP contribution in [0, 0.1) is 0 Å². The van der Waals surface area contributed by atoms with Gasteiger partial charge >= 0.3 is 6.18 Å². The first-order chi connectivity index (χ1) is 11.6. The van der Waals surface area contributed by atoms with Crippen molar-refractivity contribution >= 4 is 11.8 Å². The zero-order valence-electron chi connectivity index (χ0n) is 15.3. The van der Waals surface area contributed by atoms with E-state index in [2.05, 4.69) is 14.9 Å². The Hall–Kier alpha value is -1.61. The van der Waals surface area contributed by atoms with Crippen molar-refractivity contribution in [2.45, 2.75) is 32.2 Å². The molecule has 1 aromatic rings. The number of anilines is 2. The van der Waals surface area contributed by atoms with Gasteiger partial charge in [0.15, 0.2) is 5.69 Å². The zero-order chi connectivity index (χ0) is 18.8. The van der Waals surface area contributed by atoms with Crippen molar-refractivity contribution in [2.24, 2.45) is 0 Å². The second-order valence-electron chi connectivity index (χ2n) is 6.74. The molecular formula is C16H26F3N5O. The molecule has 0 bridgehead atoms. The first kappa shape index (κ1) is 19.7. The molecule has 1 aliphatic heterocycles. The second kappa shape index (κ2) is 7.74. The van der Waals surface area contributed by atoms with Crippen LogP contribution in [-0.2, 0) is 10.9 Å². The third-order valence-electron chi connectivity index (χ3n) is 4.04. The van der Waals surface area contributed by atoms with E-state index in [1.165, 1.54) is 0 Å². The predicted octanol–water partition coefficient (Wildman–Crippen LogP) is 2.11. The molecule has 0 saturated carbocycles. The van der Waals surface area contributed by atoms with Gasteiger partial charge in [-0.2, -0.15) is 18.2 Å². The topological polar surface area (TPSA) is 44.7 Å². The second-order valence-corrected chi connectivity index (χ2v) is 6.74. The van der Waals surface area contributed by atoms with Gasteiger partial charge in [0, 0.05) is 53.4 Å². The van der Waals surface area contributed by atoms with Crippen LogP contribution in [0.4, 0.5) is 24.9 Å². The van der Waals surface area contributed by atoms with Gasteiger partial charge in [-0.05, 0) is 13.8 Å². The van der Waals surface area contributed by atoms with E-state index < -0.39 is 11.9 Å². The first-order valence-corrected chi connectivity index (χ1v) is 8.29. The third-order valence-corrected chi connectivity index (χ3v) is 4.04. The highest BCUT2D eigenvalue weighted by Crippen LogP contribution is 2.30. The highest BCUT2D eigenvalue weighted by molar-refractivity contribution is 5.45. The Labute approximate surface area is 146 Å². The lowest BCUT2D eigenvalue weighted by Gasteiger charge is -2.36. The number of hydrogen-bond acceptors (Lipinski definition) is 6. The molecule has 1 fully saturated rings. The van der Waals surface area contributed by atoms with E-state index in [4.69, 9.17) is 4.74 Å². The largest absolute Gasteiger partial charge is 0.433 e. The van der Waals surface area contributed by atoms with Crippen molar-refractivity contribution in [1.29, 1.82) is 0 Å². The van der Waals surface area contributed by atoms with E-state index in [1.54, 1.807) is 30.9 Å². The summed E-state index contributed by atoms with van der Waals surface area (Å²) in [5.41, 5.74) is -0.929. The number of rotatable bonds is 5. The molecule has 0 unspecified atom stereocenters.